The Hall–Kier alpha value is -3.37. The third-order valence-corrected chi connectivity index (χ3v) is 7.15. The lowest BCUT2D eigenvalue weighted by molar-refractivity contribution is -0.116. The number of nitrogens with zero attached hydrogens (tertiary/aromatic N) is 3. The molecule has 0 unspecified atom stereocenters. The van der Waals surface area contributed by atoms with Gasteiger partial charge in [0.25, 0.3) is 0 Å². The van der Waals surface area contributed by atoms with E-state index in [1.54, 1.807) is 12.1 Å². The SMILES string of the molecule is O=C(/C=C/c1ccc2c(c1)OCO2)Nc1nnc(SCC(=O)N2CCCc3ccccc32)s1. The highest BCUT2D eigenvalue weighted by atomic mass is 32.2. The fraction of sp³-hybridized carbons (Fsp3) is 0.217. The summed E-state index contributed by atoms with van der Waals surface area (Å²) in [7, 11) is 0. The summed E-state index contributed by atoms with van der Waals surface area (Å²) in [6.45, 7) is 0.931. The van der Waals surface area contributed by atoms with Crippen LogP contribution in [0.1, 0.15) is 17.5 Å². The number of thioether (sulfide) groups is 1. The van der Waals surface area contributed by atoms with E-state index in [0.29, 0.717) is 21.0 Å². The Labute approximate surface area is 198 Å². The molecule has 33 heavy (non-hydrogen) atoms. The van der Waals surface area contributed by atoms with Crippen molar-refractivity contribution in [2.45, 2.75) is 17.2 Å². The first kappa shape index (κ1) is 21.5. The Morgan fingerprint density at radius 1 is 1.15 bits per heavy atom. The summed E-state index contributed by atoms with van der Waals surface area (Å²) in [6.07, 6.45) is 5.06. The topological polar surface area (TPSA) is 93.6 Å². The molecule has 0 saturated heterocycles. The number of para-hydroxylation sites is 1. The van der Waals surface area contributed by atoms with E-state index in [1.165, 1.54) is 34.7 Å². The fourth-order valence-corrected chi connectivity index (χ4v) is 5.28. The highest BCUT2D eigenvalue weighted by Crippen LogP contribution is 2.33. The molecule has 10 heteroatoms. The maximum atomic E-state index is 12.8. The third-order valence-electron chi connectivity index (χ3n) is 5.19. The normalized spacial score (nSPS) is 14.4. The molecule has 1 aromatic heterocycles. The van der Waals surface area contributed by atoms with E-state index in [0.717, 1.165) is 30.6 Å². The van der Waals surface area contributed by atoms with E-state index < -0.39 is 0 Å². The monoisotopic (exact) mass is 480 g/mol. The third kappa shape index (κ3) is 5.01. The van der Waals surface area contributed by atoms with Gasteiger partial charge in [0.15, 0.2) is 15.8 Å². The van der Waals surface area contributed by atoms with Crippen LogP contribution in [-0.4, -0.2) is 41.1 Å². The van der Waals surface area contributed by atoms with Crippen LogP contribution in [0.25, 0.3) is 6.08 Å². The molecule has 0 radical (unpaired) electrons. The molecular formula is C23H20N4O4S2. The number of ether oxygens (including phenoxy) is 2. The molecule has 0 atom stereocenters. The predicted molar refractivity (Wildman–Crippen MR) is 128 cm³/mol. The number of carbonyl (C=O) groups excluding carboxylic acids is 2. The highest BCUT2D eigenvalue weighted by Gasteiger charge is 2.22. The summed E-state index contributed by atoms with van der Waals surface area (Å²) < 4.78 is 11.2. The number of rotatable bonds is 6. The van der Waals surface area contributed by atoms with E-state index in [9.17, 15) is 9.59 Å². The predicted octanol–water partition coefficient (Wildman–Crippen LogP) is 3.99. The van der Waals surface area contributed by atoms with Crippen molar-refractivity contribution in [2.24, 2.45) is 0 Å². The Morgan fingerprint density at radius 2 is 2.03 bits per heavy atom. The minimum atomic E-state index is -0.318. The minimum absolute atomic E-state index is 0.0413. The van der Waals surface area contributed by atoms with Crippen LogP contribution in [0.5, 0.6) is 11.5 Å². The summed E-state index contributed by atoms with van der Waals surface area (Å²) in [5.41, 5.74) is 3.02. The fourth-order valence-electron chi connectivity index (χ4n) is 3.65. The molecule has 0 bridgehead atoms. The van der Waals surface area contributed by atoms with E-state index in [4.69, 9.17) is 9.47 Å². The van der Waals surface area contributed by atoms with Gasteiger partial charge in [-0.3, -0.25) is 14.9 Å². The first-order valence-corrected chi connectivity index (χ1v) is 12.2. The van der Waals surface area contributed by atoms with Crippen molar-refractivity contribution >= 4 is 51.8 Å². The highest BCUT2D eigenvalue weighted by molar-refractivity contribution is 8.01. The second kappa shape index (κ2) is 9.63. The average Bonchev–Trinajstić information content (AvgIpc) is 3.49. The molecule has 168 valence electrons. The molecule has 2 aromatic carbocycles. The number of amides is 2. The maximum Gasteiger partial charge on any atom is 0.250 e. The van der Waals surface area contributed by atoms with Crippen molar-refractivity contribution in [3.8, 4) is 11.5 Å². The Kier molecular flexibility index (Phi) is 6.27. The zero-order valence-corrected chi connectivity index (χ0v) is 19.2. The summed E-state index contributed by atoms with van der Waals surface area (Å²) in [5.74, 6) is 1.34. The number of fused-ring (bicyclic) bond motifs is 2. The zero-order chi connectivity index (χ0) is 22.6. The summed E-state index contributed by atoms with van der Waals surface area (Å²) in [6, 6.07) is 13.5. The lowest BCUT2D eigenvalue weighted by atomic mass is 10.0. The molecule has 2 amide bonds. The van der Waals surface area contributed by atoms with Crippen LogP contribution in [-0.2, 0) is 16.0 Å². The van der Waals surface area contributed by atoms with E-state index >= 15 is 0 Å². The van der Waals surface area contributed by atoms with Crippen LogP contribution < -0.4 is 19.7 Å². The summed E-state index contributed by atoms with van der Waals surface area (Å²) in [4.78, 5) is 26.9. The zero-order valence-electron chi connectivity index (χ0n) is 17.5. The Morgan fingerprint density at radius 3 is 2.97 bits per heavy atom. The lowest BCUT2D eigenvalue weighted by Crippen LogP contribution is -2.36. The summed E-state index contributed by atoms with van der Waals surface area (Å²) in [5, 5.41) is 11.2. The molecule has 3 aromatic rings. The molecule has 0 saturated carbocycles. The van der Waals surface area contributed by atoms with Gasteiger partial charge in [-0.15, -0.1) is 10.2 Å². The number of benzene rings is 2. The van der Waals surface area contributed by atoms with Crippen molar-refractivity contribution in [1.82, 2.24) is 10.2 Å². The van der Waals surface area contributed by atoms with Crippen LogP contribution in [0.3, 0.4) is 0 Å². The molecule has 8 nitrogen and oxygen atoms in total. The van der Waals surface area contributed by atoms with E-state index in [1.807, 2.05) is 35.2 Å². The molecular weight excluding hydrogens is 460 g/mol. The van der Waals surface area contributed by atoms with Gasteiger partial charge in [-0.2, -0.15) is 0 Å². The number of anilines is 2. The molecule has 3 heterocycles. The van der Waals surface area contributed by atoms with Gasteiger partial charge in [0, 0.05) is 18.3 Å². The Balaban J connectivity index is 1.14. The number of aryl methyl sites for hydroxylation is 1. The van der Waals surface area contributed by atoms with Crippen LogP contribution in [0.2, 0.25) is 0 Å². The molecule has 0 fully saturated rings. The van der Waals surface area contributed by atoms with Crippen molar-refractivity contribution in [2.75, 3.05) is 29.3 Å². The smallest absolute Gasteiger partial charge is 0.250 e. The van der Waals surface area contributed by atoms with Gasteiger partial charge in [-0.05, 0) is 48.2 Å². The van der Waals surface area contributed by atoms with Crippen molar-refractivity contribution in [1.29, 1.82) is 0 Å². The molecule has 0 spiro atoms. The van der Waals surface area contributed by atoms with Crippen molar-refractivity contribution in [3.05, 3.63) is 59.7 Å². The number of aromatic nitrogens is 2. The summed E-state index contributed by atoms with van der Waals surface area (Å²) >= 11 is 2.57. The van der Waals surface area contributed by atoms with Gasteiger partial charge in [0.1, 0.15) is 0 Å². The van der Waals surface area contributed by atoms with Gasteiger partial charge in [-0.25, -0.2) is 0 Å². The van der Waals surface area contributed by atoms with Gasteiger partial charge in [0.2, 0.25) is 23.7 Å². The molecule has 1 N–H and O–H groups in total. The first-order chi connectivity index (χ1) is 16.2. The number of hydrogen-bond donors (Lipinski definition) is 1. The standard InChI is InChI=1S/C23H20N4O4S2/c28-20(10-8-15-7-9-18-19(12-15)31-14-30-18)24-22-25-26-23(33-22)32-13-21(29)27-11-3-5-16-4-1-2-6-17(16)27/h1-2,4,6-10,12H,3,5,11,13-14H2,(H,24,25,28)/b10-8+. The quantitative estimate of drug-likeness (QED) is 0.324. The van der Waals surface area contributed by atoms with Crippen LogP contribution >= 0.6 is 23.1 Å². The Bertz CT molecular complexity index is 1230. The van der Waals surface area contributed by atoms with E-state index in [-0.39, 0.29) is 24.4 Å². The van der Waals surface area contributed by atoms with Crippen molar-refractivity contribution in [3.63, 3.8) is 0 Å². The van der Waals surface area contributed by atoms with Crippen LogP contribution in [0.4, 0.5) is 10.8 Å². The maximum absolute atomic E-state index is 12.8. The van der Waals surface area contributed by atoms with Gasteiger partial charge < -0.3 is 14.4 Å². The van der Waals surface area contributed by atoms with Gasteiger partial charge >= 0.3 is 0 Å². The molecule has 0 aliphatic carbocycles. The number of hydrogen-bond acceptors (Lipinski definition) is 8. The number of carbonyl (C=O) groups is 2. The average molecular weight is 481 g/mol. The lowest BCUT2D eigenvalue weighted by Gasteiger charge is -2.29. The molecule has 2 aliphatic rings. The van der Waals surface area contributed by atoms with Crippen LogP contribution in [0, 0.1) is 0 Å². The second-order valence-electron chi connectivity index (χ2n) is 7.37. The number of nitrogens with one attached hydrogen (secondary N) is 1. The van der Waals surface area contributed by atoms with Gasteiger partial charge in [-0.1, -0.05) is 47.4 Å². The molecule has 5 rings (SSSR count). The first-order valence-electron chi connectivity index (χ1n) is 10.4. The van der Waals surface area contributed by atoms with Crippen molar-refractivity contribution < 1.29 is 19.1 Å². The second-order valence-corrected chi connectivity index (χ2v) is 9.57. The molecule has 2 aliphatic heterocycles. The van der Waals surface area contributed by atoms with Crippen LogP contribution in [0.15, 0.2) is 52.9 Å². The minimum Gasteiger partial charge on any atom is -0.454 e. The largest absolute Gasteiger partial charge is 0.454 e. The van der Waals surface area contributed by atoms with Gasteiger partial charge in [0.05, 0.1) is 5.75 Å². The van der Waals surface area contributed by atoms with E-state index in [2.05, 4.69) is 21.6 Å².